The topological polar surface area (TPSA) is 105 Å². The minimum Gasteiger partial charge on any atom is -0.494 e. The van der Waals surface area contributed by atoms with Crippen LogP contribution in [0.2, 0.25) is 0 Å². The van der Waals surface area contributed by atoms with E-state index in [0.29, 0.717) is 6.61 Å². The van der Waals surface area contributed by atoms with Crippen molar-refractivity contribution >= 4 is 11.9 Å². The molecule has 0 aliphatic carbocycles. The van der Waals surface area contributed by atoms with E-state index in [9.17, 15) is 0 Å². The average Bonchev–Trinajstić information content (AvgIpc) is 2.46. The van der Waals surface area contributed by atoms with Crippen molar-refractivity contribution in [1.29, 1.82) is 0 Å². The van der Waals surface area contributed by atoms with E-state index in [1.54, 1.807) is 7.11 Å². The first-order valence-electron chi connectivity index (χ1n) is 6.39. The molecule has 0 fully saturated rings. The highest BCUT2D eigenvalue weighted by molar-refractivity contribution is 6.27. The quantitative estimate of drug-likeness (QED) is 0.509. The molecular weight excluding hydrogens is 278 g/mol. The summed E-state index contributed by atoms with van der Waals surface area (Å²) in [5.74, 6) is -2.69. The van der Waals surface area contributed by atoms with Crippen molar-refractivity contribution in [3.63, 3.8) is 0 Å². The van der Waals surface area contributed by atoms with E-state index in [0.717, 1.165) is 25.4 Å². The molecule has 1 aromatic carbocycles. The third kappa shape index (κ3) is 9.42. The predicted octanol–water partition coefficient (Wildman–Crippen LogP) is 0.977. The molecule has 0 unspecified atom stereocenters. The second-order valence-electron chi connectivity index (χ2n) is 3.82. The van der Waals surface area contributed by atoms with Crippen molar-refractivity contribution < 1.29 is 29.3 Å². The molecule has 0 aromatic heterocycles. The standard InChI is InChI=1S/C12H19NO2.C2H2O4/c1-3-15-12-7-5-4-6-11(12)10-13-8-9-14-2;3-1(4)2(5)6/h4-7,13H,3,8-10H2,1-2H3;(H,3,4)(H,5,6). The molecule has 0 aliphatic heterocycles. The molecule has 7 heteroatoms. The Morgan fingerprint density at radius 3 is 2.33 bits per heavy atom. The van der Waals surface area contributed by atoms with Crippen LogP contribution in [0.3, 0.4) is 0 Å². The van der Waals surface area contributed by atoms with Crippen molar-refractivity contribution in [2.75, 3.05) is 26.9 Å². The van der Waals surface area contributed by atoms with Gasteiger partial charge in [0.1, 0.15) is 5.75 Å². The summed E-state index contributed by atoms with van der Waals surface area (Å²) in [4.78, 5) is 18.2. The fourth-order valence-corrected chi connectivity index (χ4v) is 1.34. The van der Waals surface area contributed by atoms with Gasteiger partial charge in [0.2, 0.25) is 0 Å². The van der Waals surface area contributed by atoms with Crippen molar-refractivity contribution in [2.45, 2.75) is 13.5 Å². The normalized spacial score (nSPS) is 9.43. The van der Waals surface area contributed by atoms with Gasteiger partial charge in [-0.25, -0.2) is 9.59 Å². The highest BCUT2D eigenvalue weighted by Gasteiger charge is 2.04. The Morgan fingerprint density at radius 2 is 1.81 bits per heavy atom. The lowest BCUT2D eigenvalue weighted by atomic mass is 10.2. The van der Waals surface area contributed by atoms with Crippen molar-refractivity contribution in [2.24, 2.45) is 0 Å². The van der Waals surface area contributed by atoms with Gasteiger partial charge in [-0.15, -0.1) is 0 Å². The molecule has 1 aromatic rings. The number of rotatable bonds is 7. The third-order valence-electron chi connectivity index (χ3n) is 2.25. The molecule has 0 saturated carbocycles. The van der Waals surface area contributed by atoms with Crippen molar-refractivity contribution in [1.82, 2.24) is 5.32 Å². The summed E-state index contributed by atoms with van der Waals surface area (Å²) < 4.78 is 10.5. The molecule has 0 radical (unpaired) electrons. The van der Waals surface area contributed by atoms with Gasteiger partial charge in [0.15, 0.2) is 0 Å². The predicted molar refractivity (Wildman–Crippen MR) is 76.5 cm³/mol. The number of carboxylic acid groups (broad SMARTS) is 2. The zero-order valence-electron chi connectivity index (χ0n) is 12.2. The van der Waals surface area contributed by atoms with Crippen LogP contribution in [0.15, 0.2) is 24.3 Å². The van der Waals surface area contributed by atoms with E-state index in [-0.39, 0.29) is 0 Å². The van der Waals surface area contributed by atoms with Crippen LogP contribution < -0.4 is 10.1 Å². The van der Waals surface area contributed by atoms with Crippen LogP contribution in [0.5, 0.6) is 5.75 Å². The lowest BCUT2D eigenvalue weighted by Crippen LogP contribution is -2.19. The van der Waals surface area contributed by atoms with Gasteiger partial charge in [0, 0.05) is 25.8 Å². The van der Waals surface area contributed by atoms with Gasteiger partial charge in [-0.3, -0.25) is 0 Å². The summed E-state index contributed by atoms with van der Waals surface area (Å²) in [6.07, 6.45) is 0. The highest BCUT2D eigenvalue weighted by atomic mass is 16.5. The van der Waals surface area contributed by atoms with Crippen LogP contribution in [-0.4, -0.2) is 49.0 Å². The second kappa shape index (κ2) is 11.7. The second-order valence-corrected chi connectivity index (χ2v) is 3.82. The molecule has 118 valence electrons. The van der Waals surface area contributed by atoms with Gasteiger partial charge < -0.3 is 25.0 Å². The van der Waals surface area contributed by atoms with Gasteiger partial charge in [0.05, 0.1) is 13.2 Å². The number of carbonyl (C=O) groups is 2. The summed E-state index contributed by atoms with van der Waals surface area (Å²) >= 11 is 0. The number of ether oxygens (including phenoxy) is 2. The van der Waals surface area contributed by atoms with Crippen molar-refractivity contribution in [3.05, 3.63) is 29.8 Å². The lowest BCUT2D eigenvalue weighted by molar-refractivity contribution is -0.159. The summed E-state index contributed by atoms with van der Waals surface area (Å²) in [5, 5.41) is 18.1. The van der Waals surface area contributed by atoms with Crippen LogP contribution in [-0.2, 0) is 20.9 Å². The van der Waals surface area contributed by atoms with Crippen LogP contribution in [0, 0.1) is 0 Å². The van der Waals surface area contributed by atoms with Crippen LogP contribution in [0.4, 0.5) is 0 Å². The lowest BCUT2D eigenvalue weighted by Gasteiger charge is -2.10. The molecular formula is C14H21NO6. The molecule has 21 heavy (non-hydrogen) atoms. The molecule has 0 bridgehead atoms. The minimum atomic E-state index is -1.82. The van der Waals surface area contributed by atoms with E-state index in [4.69, 9.17) is 29.3 Å². The Bertz CT molecular complexity index is 423. The maximum absolute atomic E-state index is 9.10. The fourth-order valence-electron chi connectivity index (χ4n) is 1.34. The smallest absolute Gasteiger partial charge is 0.414 e. The van der Waals surface area contributed by atoms with Gasteiger partial charge in [0.25, 0.3) is 0 Å². The number of para-hydroxylation sites is 1. The number of aliphatic carboxylic acids is 2. The van der Waals surface area contributed by atoms with E-state index < -0.39 is 11.9 Å². The van der Waals surface area contributed by atoms with Crippen LogP contribution in [0.1, 0.15) is 12.5 Å². The van der Waals surface area contributed by atoms with E-state index >= 15 is 0 Å². The van der Waals surface area contributed by atoms with E-state index in [2.05, 4.69) is 11.4 Å². The number of benzene rings is 1. The zero-order valence-corrected chi connectivity index (χ0v) is 12.2. The summed E-state index contributed by atoms with van der Waals surface area (Å²) in [7, 11) is 1.70. The monoisotopic (exact) mass is 299 g/mol. The Kier molecular flexibility index (Phi) is 10.5. The number of nitrogens with one attached hydrogen (secondary N) is 1. The fraction of sp³-hybridized carbons (Fsp3) is 0.429. The maximum atomic E-state index is 9.10. The van der Waals surface area contributed by atoms with Gasteiger partial charge in [-0.2, -0.15) is 0 Å². The highest BCUT2D eigenvalue weighted by Crippen LogP contribution is 2.17. The first kappa shape index (κ1) is 18.9. The molecule has 1 rings (SSSR count). The van der Waals surface area contributed by atoms with Crippen molar-refractivity contribution in [3.8, 4) is 5.75 Å². The maximum Gasteiger partial charge on any atom is 0.414 e. The first-order chi connectivity index (χ1) is 10.0. The first-order valence-corrected chi connectivity index (χ1v) is 6.39. The molecule has 0 heterocycles. The summed E-state index contributed by atoms with van der Waals surface area (Å²) in [6.45, 7) is 5.11. The molecule has 0 atom stereocenters. The number of hydrogen-bond acceptors (Lipinski definition) is 5. The zero-order chi connectivity index (χ0) is 16.1. The Balaban J connectivity index is 0.000000567. The Labute approximate surface area is 123 Å². The molecule has 0 saturated heterocycles. The van der Waals surface area contributed by atoms with Gasteiger partial charge in [-0.05, 0) is 13.0 Å². The largest absolute Gasteiger partial charge is 0.494 e. The molecule has 0 aliphatic rings. The molecule has 3 N–H and O–H groups in total. The molecule has 0 amide bonds. The van der Waals surface area contributed by atoms with Crippen LogP contribution in [0.25, 0.3) is 0 Å². The number of hydrogen-bond donors (Lipinski definition) is 3. The SMILES string of the molecule is CCOc1ccccc1CNCCOC.O=C(O)C(=O)O. The van der Waals surface area contributed by atoms with Gasteiger partial charge >= 0.3 is 11.9 Å². The minimum absolute atomic E-state index is 0.703. The number of methoxy groups -OCH3 is 1. The molecule has 0 spiro atoms. The molecule has 7 nitrogen and oxygen atoms in total. The van der Waals surface area contributed by atoms with E-state index in [1.807, 2.05) is 25.1 Å². The van der Waals surface area contributed by atoms with Gasteiger partial charge in [-0.1, -0.05) is 18.2 Å². The van der Waals surface area contributed by atoms with Crippen LogP contribution >= 0.6 is 0 Å². The Morgan fingerprint density at radius 1 is 1.19 bits per heavy atom. The summed E-state index contributed by atoms with van der Waals surface area (Å²) in [5.41, 5.74) is 1.19. The number of carboxylic acids is 2. The third-order valence-corrected chi connectivity index (χ3v) is 2.25. The van der Waals surface area contributed by atoms with E-state index in [1.165, 1.54) is 5.56 Å². The Hall–Kier alpha value is -2.12. The average molecular weight is 299 g/mol. The summed E-state index contributed by atoms with van der Waals surface area (Å²) in [6, 6.07) is 8.08.